The predicted molar refractivity (Wildman–Crippen MR) is 52.0 cm³/mol. The van der Waals surface area contributed by atoms with Gasteiger partial charge in [0.15, 0.2) is 0 Å². The molecule has 1 atom stereocenters. The van der Waals surface area contributed by atoms with Gasteiger partial charge < -0.3 is 5.11 Å². The Balaban J connectivity index is 2.39. The normalized spacial score (nSPS) is 22.2. The first-order chi connectivity index (χ1) is 5.75. The van der Waals surface area contributed by atoms with Crippen molar-refractivity contribution >= 4 is 0 Å². The lowest BCUT2D eigenvalue weighted by molar-refractivity contribution is 0.241. The molecule has 0 aliphatic heterocycles. The molecule has 1 nitrogen and oxygen atoms in total. The van der Waals surface area contributed by atoms with Gasteiger partial charge in [0.05, 0.1) is 0 Å². The number of rotatable bonds is 3. The first kappa shape index (κ1) is 9.79. The molecule has 0 bridgehead atoms. The highest BCUT2D eigenvalue weighted by atomic mass is 16.3. The minimum atomic E-state index is 0.259. The van der Waals surface area contributed by atoms with Gasteiger partial charge in [-0.2, -0.15) is 0 Å². The van der Waals surface area contributed by atoms with Crippen LogP contribution in [0.25, 0.3) is 0 Å². The number of hydrogen-bond donors (Lipinski definition) is 1. The summed E-state index contributed by atoms with van der Waals surface area (Å²) in [6, 6.07) is 0. The smallest absolute Gasteiger partial charge is 0.0493 e. The van der Waals surface area contributed by atoms with Crippen molar-refractivity contribution in [1.29, 1.82) is 0 Å². The molecule has 1 saturated carbocycles. The second-order valence-electron chi connectivity index (χ2n) is 3.99. The van der Waals surface area contributed by atoms with Gasteiger partial charge in [0.2, 0.25) is 0 Å². The zero-order chi connectivity index (χ0) is 8.97. The molecular weight excluding hydrogens is 148 g/mol. The molecule has 0 radical (unpaired) electrons. The molecule has 0 aromatic rings. The molecule has 0 saturated heterocycles. The van der Waals surface area contributed by atoms with Crippen molar-refractivity contribution in [2.24, 2.45) is 11.8 Å². The Bertz CT molecular complexity index is 145. The summed E-state index contributed by atoms with van der Waals surface area (Å²) in [5.41, 5.74) is 1.28. The third-order valence-electron chi connectivity index (χ3n) is 3.04. The molecule has 0 heterocycles. The molecule has 1 rings (SSSR count). The summed E-state index contributed by atoms with van der Waals surface area (Å²) >= 11 is 0. The maximum absolute atomic E-state index is 8.98. The van der Waals surface area contributed by atoms with Crippen LogP contribution in [0.15, 0.2) is 12.2 Å². The molecule has 1 fully saturated rings. The Labute approximate surface area is 75.5 Å². The third-order valence-corrected chi connectivity index (χ3v) is 3.04. The summed E-state index contributed by atoms with van der Waals surface area (Å²) in [5, 5.41) is 8.98. The van der Waals surface area contributed by atoms with Gasteiger partial charge in [-0.05, 0) is 18.8 Å². The fraction of sp³-hybridized carbons (Fsp3) is 0.818. The van der Waals surface area contributed by atoms with Crippen molar-refractivity contribution in [2.45, 2.75) is 39.0 Å². The Kier molecular flexibility index (Phi) is 3.80. The van der Waals surface area contributed by atoms with Crippen molar-refractivity contribution in [3.05, 3.63) is 12.2 Å². The molecule has 70 valence electrons. The summed E-state index contributed by atoms with van der Waals surface area (Å²) in [7, 11) is 0. The highest BCUT2D eigenvalue weighted by Gasteiger charge is 2.19. The van der Waals surface area contributed by atoms with E-state index in [0.29, 0.717) is 11.8 Å². The lowest BCUT2D eigenvalue weighted by atomic mass is 9.80. The van der Waals surface area contributed by atoms with Crippen LogP contribution in [0, 0.1) is 11.8 Å². The quantitative estimate of drug-likeness (QED) is 0.642. The van der Waals surface area contributed by atoms with E-state index in [-0.39, 0.29) is 6.61 Å². The first-order valence-electron chi connectivity index (χ1n) is 5.05. The Morgan fingerprint density at radius 3 is 2.50 bits per heavy atom. The van der Waals surface area contributed by atoms with Gasteiger partial charge in [-0.25, -0.2) is 0 Å². The summed E-state index contributed by atoms with van der Waals surface area (Å²) in [6.07, 6.45) is 6.67. The van der Waals surface area contributed by atoms with E-state index in [1.165, 1.54) is 37.7 Å². The molecule has 0 aromatic heterocycles. The van der Waals surface area contributed by atoms with Gasteiger partial charge in [0, 0.05) is 12.5 Å². The van der Waals surface area contributed by atoms with Crippen LogP contribution in [0.4, 0.5) is 0 Å². The second-order valence-corrected chi connectivity index (χ2v) is 3.99. The predicted octanol–water partition coefficient (Wildman–Crippen LogP) is 2.75. The molecule has 0 aromatic carbocycles. The van der Waals surface area contributed by atoms with Gasteiger partial charge in [-0.15, -0.1) is 0 Å². The van der Waals surface area contributed by atoms with Crippen molar-refractivity contribution in [1.82, 2.24) is 0 Å². The van der Waals surface area contributed by atoms with E-state index in [2.05, 4.69) is 13.5 Å². The van der Waals surface area contributed by atoms with E-state index >= 15 is 0 Å². The van der Waals surface area contributed by atoms with Crippen LogP contribution in [-0.4, -0.2) is 11.7 Å². The Hall–Kier alpha value is -0.300. The van der Waals surface area contributed by atoms with Gasteiger partial charge in [-0.3, -0.25) is 0 Å². The van der Waals surface area contributed by atoms with Crippen molar-refractivity contribution in [2.75, 3.05) is 6.61 Å². The minimum absolute atomic E-state index is 0.259. The average molecular weight is 168 g/mol. The highest BCUT2D eigenvalue weighted by molar-refractivity contribution is 5.05. The van der Waals surface area contributed by atoms with Crippen molar-refractivity contribution < 1.29 is 5.11 Å². The Morgan fingerprint density at radius 2 is 2.00 bits per heavy atom. The van der Waals surface area contributed by atoms with Crippen LogP contribution in [0.1, 0.15) is 39.0 Å². The van der Waals surface area contributed by atoms with Crippen molar-refractivity contribution in [3.8, 4) is 0 Å². The van der Waals surface area contributed by atoms with Crippen LogP contribution >= 0.6 is 0 Å². The molecule has 0 spiro atoms. The summed E-state index contributed by atoms with van der Waals surface area (Å²) in [4.78, 5) is 0. The van der Waals surface area contributed by atoms with E-state index in [1.54, 1.807) is 0 Å². The molecule has 1 aliphatic carbocycles. The summed E-state index contributed by atoms with van der Waals surface area (Å²) in [5.74, 6) is 0.994. The zero-order valence-corrected chi connectivity index (χ0v) is 8.05. The maximum atomic E-state index is 8.98. The third kappa shape index (κ3) is 2.34. The molecule has 1 heteroatoms. The van der Waals surface area contributed by atoms with E-state index in [9.17, 15) is 0 Å². The summed E-state index contributed by atoms with van der Waals surface area (Å²) < 4.78 is 0. The second kappa shape index (κ2) is 4.66. The van der Waals surface area contributed by atoms with Crippen molar-refractivity contribution in [3.63, 3.8) is 0 Å². The van der Waals surface area contributed by atoms with Crippen LogP contribution < -0.4 is 0 Å². The van der Waals surface area contributed by atoms with E-state index in [1.807, 2.05) is 0 Å². The topological polar surface area (TPSA) is 20.2 Å². The number of aliphatic hydroxyl groups is 1. The van der Waals surface area contributed by atoms with Gasteiger partial charge in [-0.1, -0.05) is 38.3 Å². The monoisotopic (exact) mass is 168 g/mol. The van der Waals surface area contributed by atoms with Gasteiger partial charge in [0.1, 0.15) is 0 Å². The largest absolute Gasteiger partial charge is 0.396 e. The highest BCUT2D eigenvalue weighted by Crippen LogP contribution is 2.32. The van der Waals surface area contributed by atoms with E-state index in [4.69, 9.17) is 5.11 Å². The minimum Gasteiger partial charge on any atom is -0.396 e. The standard InChI is InChI=1S/C11H20O/c1-9(8-12)10(2)11-6-4-3-5-7-11/h9,11-12H,2-8H2,1H3. The SMILES string of the molecule is C=C(C(C)CO)C1CCCCC1. The fourth-order valence-electron chi connectivity index (χ4n) is 1.99. The fourth-order valence-corrected chi connectivity index (χ4v) is 1.99. The van der Waals surface area contributed by atoms with Gasteiger partial charge in [0.25, 0.3) is 0 Å². The van der Waals surface area contributed by atoms with Crippen LogP contribution in [-0.2, 0) is 0 Å². The molecule has 12 heavy (non-hydrogen) atoms. The molecule has 1 N–H and O–H groups in total. The van der Waals surface area contributed by atoms with E-state index < -0.39 is 0 Å². The molecule has 1 unspecified atom stereocenters. The summed E-state index contributed by atoms with van der Waals surface area (Å²) in [6.45, 7) is 6.41. The molecule has 1 aliphatic rings. The average Bonchev–Trinajstić information content (AvgIpc) is 2.17. The first-order valence-corrected chi connectivity index (χ1v) is 5.05. The van der Waals surface area contributed by atoms with Gasteiger partial charge >= 0.3 is 0 Å². The lowest BCUT2D eigenvalue weighted by Gasteiger charge is -2.26. The maximum Gasteiger partial charge on any atom is 0.0493 e. The van der Waals surface area contributed by atoms with E-state index in [0.717, 1.165) is 0 Å². The number of aliphatic hydroxyl groups excluding tert-OH is 1. The zero-order valence-electron chi connectivity index (χ0n) is 8.05. The number of hydrogen-bond acceptors (Lipinski definition) is 1. The molecular formula is C11H20O. The van der Waals surface area contributed by atoms with Crippen LogP contribution in [0.3, 0.4) is 0 Å². The van der Waals surface area contributed by atoms with Crippen LogP contribution in [0.2, 0.25) is 0 Å². The molecule has 0 amide bonds. The Morgan fingerprint density at radius 1 is 1.42 bits per heavy atom. The lowest BCUT2D eigenvalue weighted by Crippen LogP contribution is -2.15. The van der Waals surface area contributed by atoms with Crippen LogP contribution in [0.5, 0.6) is 0 Å².